The van der Waals surface area contributed by atoms with Crippen LogP contribution in [-0.4, -0.2) is 18.4 Å². The van der Waals surface area contributed by atoms with Crippen LogP contribution < -0.4 is 0 Å². The molecule has 1 unspecified atom stereocenters. The minimum Gasteiger partial charge on any atom is -0.434 e. The monoisotopic (exact) mass is 188 g/mol. The predicted octanol–water partition coefficient (Wildman–Crippen LogP) is 2.35. The molecule has 0 heterocycles. The molecule has 0 rings (SSSR count). The Bertz CT molecular complexity index is 166. The Kier molecular flexibility index (Phi) is 4.99. The minimum atomic E-state index is -0.755. The Labute approximate surface area is 80.4 Å². The molecule has 0 aromatic rings. The maximum atomic E-state index is 10.8. The van der Waals surface area contributed by atoms with Crippen molar-refractivity contribution in [1.29, 1.82) is 0 Å². The predicted molar refractivity (Wildman–Crippen MR) is 51.3 cm³/mol. The molecular weight excluding hydrogens is 168 g/mol. The summed E-state index contributed by atoms with van der Waals surface area (Å²) in [6, 6.07) is 0. The van der Waals surface area contributed by atoms with Crippen molar-refractivity contribution < 1.29 is 14.3 Å². The van der Waals surface area contributed by atoms with Crippen LogP contribution in [0.25, 0.3) is 0 Å². The second-order valence-electron chi connectivity index (χ2n) is 3.76. The molecule has 0 aromatic heterocycles. The molecule has 0 aliphatic carbocycles. The maximum absolute atomic E-state index is 10.8. The first-order valence-corrected chi connectivity index (χ1v) is 4.73. The molecular formula is C10H20O3. The highest BCUT2D eigenvalue weighted by Gasteiger charge is 2.28. The molecule has 1 atom stereocenters. The average molecular weight is 188 g/mol. The molecule has 0 amide bonds. The SMILES string of the molecule is CCOC(C)(CC(C)C)OC(C)=O. The molecule has 78 valence electrons. The Morgan fingerprint density at radius 3 is 2.31 bits per heavy atom. The zero-order chi connectivity index (χ0) is 10.5. The zero-order valence-corrected chi connectivity index (χ0v) is 9.22. The first kappa shape index (κ1) is 12.4. The summed E-state index contributed by atoms with van der Waals surface area (Å²) in [4.78, 5) is 10.8. The minimum absolute atomic E-state index is 0.295. The van der Waals surface area contributed by atoms with Gasteiger partial charge in [0.15, 0.2) is 0 Å². The van der Waals surface area contributed by atoms with E-state index in [4.69, 9.17) is 9.47 Å². The molecule has 0 fully saturated rings. The van der Waals surface area contributed by atoms with Crippen LogP contribution in [0.15, 0.2) is 0 Å². The van der Waals surface area contributed by atoms with Crippen molar-refractivity contribution in [2.75, 3.05) is 6.61 Å². The Morgan fingerprint density at radius 2 is 2.00 bits per heavy atom. The highest BCUT2D eigenvalue weighted by atomic mass is 16.7. The summed E-state index contributed by atoms with van der Waals surface area (Å²) in [6.07, 6.45) is 0.723. The first-order valence-electron chi connectivity index (χ1n) is 4.73. The zero-order valence-electron chi connectivity index (χ0n) is 9.22. The van der Waals surface area contributed by atoms with E-state index < -0.39 is 5.79 Å². The van der Waals surface area contributed by atoms with Crippen molar-refractivity contribution in [2.24, 2.45) is 5.92 Å². The van der Waals surface area contributed by atoms with Gasteiger partial charge in [-0.25, -0.2) is 0 Å². The Hall–Kier alpha value is -0.570. The van der Waals surface area contributed by atoms with E-state index in [1.807, 2.05) is 6.92 Å². The third-order valence-electron chi connectivity index (χ3n) is 1.59. The fourth-order valence-electron chi connectivity index (χ4n) is 1.48. The smallest absolute Gasteiger partial charge is 0.305 e. The molecule has 3 heteroatoms. The summed E-state index contributed by atoms with van der Waals surface area (Å²) in [5, 5.41) is 0. The highest BCUT2D eigenvalue weighted by molar-refractivity contribution is 5.66. The largest absolute Gasteiger partial charge is 0.434 e. The van der Waals surface area contributed by atoms with Gasteiger partial charge in [-0.1, -0.05) is 13.8 Å². The van der Waals surface area contributed by atoms with Crippen molar-refractivity contribution in [2.45, 2.75) is 46.8 Å². The van der Waals surface area contributed by atoms with Gasteiger partial charge in [-0.15, -0.1) is 0 Å². The van der Waals surface area contributed by atoms with Crippen molar-refractivity contribution in [3.8, 4) is 0 Å². The van der Waals surface area contributed by atoms with Crippen LogP contribution in [-0.2, 0) is 14.3 Å². The Morgan fingerprint density at radius 1 is 1.46 bits per heavy atom. The highest BCUT2D eigenvalue weighted by Crippen LogP contribution is 2.22. The van der Waals surface area contributed by atoms with Crippen molar-refractivity contribution in [1.82, 2.24) is 0 Å². The van der Waals surface area contributed by atoms with Gasteiger partial charge >= 0.3 is 5.97 Å². The number of carbonyl (C=O) groups is 1. The standard InChI is InChI=1S/C10H20O3/c1-6-12-10(5,7-8(2)3)13-9(4)11/h8H,6-7H2,1-5H3. The fourth-order valence-corrected chi connectivity index (χ4v) is 1.48. The normalized spacial score (nSPS) is 15.5. The van der Waals surface area contributed by atoms with Crippen LogP contribution in [0.5, 0.6) is 0 Å². The van der Waals surface area contributed by atoms with Gasteiger partial charge in [-0.3, -0.25) is 4.79 Å². The van der Waals surface area contributed by atoms with E-state index in [1.54, 1.807) is 6.92 Å². The van der Waals surface area contributed by atoms with E-state index in [1.165, 1.54) is 6.92 Å². The molecule has 0 bridgehead atoms. The number of hydrogen-bond acceptors (Lipinski definition) is 3. The lowest BCUT2D eigenvalue weighted by molar-refractivity contribution is -0.226. The van der Waals surface area contributed by atoms with Crippen molar-refractivity contribution in [3.05, 3.63) is 0 Å². The van der Waals surface area contributed by atoms with E-state index in [2.05, 4.69) is 13.8 Å². The van der Waals surface area contributed by atoms with Crippen molar-refractivity contribution in [3.63, 3.8) is 0 Å². The molecule has 0 aliphatic rings. The first-order chi connectivity index (χ1) is 5.89. The molecule has 0 spiro atoms. The summed E-state index contributed by atoms with van der Waals surface area (Å²) >= 11 is 0. The summed E-state index contributed by atoms with van der Waals surface area (Å²) in [5.41, 5.74) is 0. The van der Waals surface area contributed by atoms with Crippen LogP contribution in [0.4, 0.5) is 0 Å². The van der Waals surface area contributed by atoms with Gasteiger partial charge < -0.3 is 9.47 Å². The number of ether oxygens (including phenoxy) is 2. The van der Waals surface area contributed by atoms with Gasteiger partial charge in [0.05, 0.1) is 0 Å². The molecule has 3 nitrogen and oxygen atoms in total. The van der Waals surface area contributed by atoms with Gasteiger partial charge in [-0.05, 0) is 12.8 Å². The number of hydrogen-bond donors (Lipinski definition) is 0. The van der Waals surface area contributed by atoms with Crippen LogP contribution in [0.2, 0.25) is 0 Å². The molecule has 0 radical (unpaired) electrons. The third kappa shape index (κ3) is 5.64. The van der Waals surface area contributed by atoms with Gasteiger partial charge in [0.1, 0.15) is 0 Å². The van der Waals surface area contributed by atoms with Crippen LogP contribution in [0, 0.1) is 5.92 Å². The second-order valence-corrected chi connectivity index (χ2v) is 3.76. The number of carbonyl (C=O) groups excluding carboxylic acids is 1. The van der Waals surface area contributed by atoms with E-state index in [0.29, 0.717) is 12.5 Å². The van der Waals surface area contributed by atoms with Gasteiger partial charge in [0, 0.05) is 26.9 Å². The van der Waals surface area contributed by atoms with Crippen molar-refractivity contribution >= 4 is 5.97 Å². The van der Waals surface area contributed by atoms with E-state index >= 15 is 0 Å². The lowest BCUT2D eigenvalue weighted by atomic mass is 10.0. The lowest BCUT2D eigenvalue weighted by Crippen LogP contribution is -2.35. The molecule has 0 aliphatic heterocycles. The lowest BCUT2D eigenvalue weighted by Gasteiger charge is -2.30. The second kappa shape index (κ2) is 5.22. The summed E-state index contributed by atoms with van der Waals surface area (Å²) in [5.74, 6) is -0.609. The number of rotatable bonds is 5. The molecule has 0 aromatic carbocycles. The van der Waals surface area contributed by atoms with E-state index in [-0.39, 0.29) is 5.97 Å². The Balaban J connectivity index is 4.23. The third-order valence-corrected chi connectivity index (χ3v) is 1.59. The molecule has 0 saturated carbocycles. The molecule has 0 N–H and O–H groups in total. The summed E-state index contributed by atoms with van der Waals surface area (Å²) in [6.45, 7) is 9.79. The maximum Gasteiger partial charge on any atom is 0.305 e. The average Bonchev–Trinajstić information content (AvgIpc) is 1.81. The van der Waals surface area contributed by atoms with Gasteiger partial charge in [0.2, 0.25) is 5.79 Å². The van der Waals surface area contributed by atoms with Gasteiger partial charge in [0.25, 0.3) is 0 Å². The summed E-state index contributed by atoms with van der Waals surface area (Å²) < 4.78 is 10.5. The molecule has 0 saturated heterocycles. The van der Waals surface area contributed by atoms with E-state index in [0.717, 1.165) is 6.42 Å². The quantitative estimate of drug-likeness (QED) is 0.490. The van der Waals surface area contributed by atoms with Crippen LogP contribution >= 0.6 is 0 Å². The fraction of sp³-hybridized carbons (Fsp3) is 0.900. The van der Waals surface area contributed by atoms with Crippen LogP contribution in [0.3, 0.4) is 0 Å². The number of esters is 1. The van der Waals surface area contributed by atoms with Crippen LogP contribution in [0.1, 0.15) is 41.0 Å². The summed E-state index contributed by atoms with van der Waals surface area (Å²) in [7, 11) is 0. The molecule has 13 heavy (non-hydrogen) atoms. The topological polar surface area (TPSA) is 35.5 Å². The van der Waals surface area contributed by atoms with Gasteiger partial charge in [-0.2, -0.15) is 0 Å². The van der Waals surface area contributed by atoms with E-state index in [9.17, 15) is 4.79 Å².